The predicted octanol–water partition coefficient (Wildman–Crippen LogP) is 1.05. The molecule has 1 aromatic heterocycles. The Morgan fingerprint density at radius 2 is 1.86 bits per heavy atom. The summed E-state index contributed by atoms with van der Waals surface area (Å²) in [5, 5.41) is 13.6. The fourth-order valence-electron chi connectivity index (χ4n) is 1.63. The zero-order valence-electron chi connectivity index (χ0n) is 12.5. The number of halogens is 1. The first-order valence-corrected chi connectivity index (χ1v) is 7.50. The predicted molar refractivity (Wildman–Crippen MR) is 85.9 cm³/mol. The molecule has 0 saturated carbocycles. The van der Waals surface area contributed by atoms with Crippen molar-refractivity contribution in [1.82, 2.24) is 20.4 Å². The number of carbonyl (C=O) groups excluding carboxylic acids is 2. The van der Waals surface area contributed by atoms with Gasteiger partial charge in [0.25, 0.3) is 0 Å². The smallest absolute Gasteiger partial charge is 0.315 e. The Balaban J connectivity index is 0.00000400. The van der Waals surface area contributed by atoms with Crippen molar-refractivity contribution in [2.45, 2.75) is 27.2 Å². The van der Waals surface area contributed by atoms with Crippen molar-refractivity contribution in [3.05, 3.63) is 5.01 Å². The molecule has 21 heavy (non-hydrogen) atoms. The van der Waals surface area contributed by atoms with Crippen LogP contribution >= 0.6 is 23.7 Å². The maximum Gasteiger partial charge on any atom is 0.315 e. The molecular formula is C12H22ClN5O2S. The lowest BCUT2D eigenvalue weighted by molar-refractivity contribution is -0.136. The van der Waals surface area contributed by atoms with Crippen LogP contribution in [0.1, 0.15) is 25.3 Å². The molecule has 0 saturated heterocycles. The highest BCUT2D eigenvalue weighted by Gasteiger charge is 2.14. The lowest BCUT2D eigenvalue weighted by Gasteiger charge is -2.17. The number of nitrogens with zero attached hydrogens (tertiary/aromatic N) is 3. The summed E-state index contributed by atoms with van der Waals surface area (Å²) >= 11 is 1.23. The summed E-state index contributed by atoms with van der Waals surface area (Å²) in [4.78, 5) is 25.4. The van der Waals surface area contributed by atoms with Gasteiger partial charge in [-0.3, -0.25) is 14.9 Å². The Hall–Kier alpha value is -1.25. The fourth-order valence-corrected chi connectivity index (χ4v) is 2.21. The van der Waals surface area contributed by atoms with Gasteiger partial charge in [0.15, 0.2) is 0 Å². The molecule has 1 rings (SSSR count). The van der Waals surface area contributed by atoms with Crippen LogP contribution in [-0.4, -0.2) is 53.1 Å². The molecule has 2 amide bonds. The van der Waals surface area contributed by atoms with E-state index >= 15 is 0 Å². The highest BCUT2D eigenvalue weighted by Crippen LogP contribution is 2.12. The number of anilines is 1. The molecule has 0 fully saturated rings. The van der Waals surface area contributed by atoms with Gasteiger partial charge in [0.05, 0.1) is 0 Å². The van der Waals surface area contributed by atoms with Gasteiger partial charge in [-0.1, -0.05) is 25.2 Å². The van der Waals surface area contributed by atoms with Crippen molar-refractivity contribution in [1.29, 1.82) is 0 Å². The number of aromatic nitrogens is 2. The third-order valence-corrected chi connectivity index (χ3v) is 3.54. The first kappa shape index (κ1) is 19.8. The first-order valence-electron chi connectivity index (χ1n) is 6.68. The van der Waals surface area contributed by atoms with E-state index in [1.165, 1.54) is 11.3 Å². The molecule has 0 aliphatic heterocycles. The van der Waals surface area contributed by atoms with E-state index in [1.54, 1.807) is 6.92 Å². The van der Waals surface area contributed by atoms with Crippen LogP contribution in [0.4, 0.5) is 5.13 Å². The highest BCUT2D eigenvalue weighted by atomic mass is 35.5. The van der Waals surface area contributed by atoms with E-state index in [9.17, 15) is 9.59 Å². The van der Waals surface area contributed by atoms with Gasteiger partial charge in [0, 0.05) is 6.54 Å². The summed E-state index contributed by atoms with van der Waals surface area (Å²) in [7, 11) is 0. The maximum atomic E-state index is 11.6. The quantitative estimate of drug-likeness (QED) is 0.574. The molecule has 0 atom stereocenters. The fraction of sp³-hybridized carbons (Fsp3) is 0.667. The molecular weight excluding hydrogens is 314 g/mol. The molecule has 2 N–H and O–H groups in total. The lowest BCUT2D eigenvalue weighted by Crippen LogP contribution is -2.37. The van der Waals surface area contributed by atoms with Gasteiger partial charge in [-0.25, -0.2) is 0 Å². The summed E-state index contributed by atoms with van der Waals surface area (Å²) < 4.78 is 0. The van der Waals surface area contributed by atoms with E-state index in [2.05, 4.69) is 39.6 Å². The zero-order valence-corrected chi connectivity index (χ0v) is 14.1. The van der Waals surface area contributed by atoms with Crippen molar-refractivity contribution in [2.24, 2.45) is 0 Å². The number of amides is 2. The molecule has 0 spiro atoms. The zero-order chi connectivity index (χ0) is 15.0. The van der Waals surface area contributed by atoms with Crippen molar-refractivity contribution < 1.29 is 9.59 Å². The Bertz CT molecular complexity index is 451. The summed E-state index contributed by atoms with van der Waals surface area (Å²) in [5.41, 5.74) is 0. The molecule has 0 aromatic carbocycles. The minimum atomic E-state index is -0.705. The van der Waals surface area contributed by atoms with Crippen LogP contribution in [0.5, 0.6) is 0 Å². The van der Waals surface area contributed by atoms with Crippen LogP contribution in [0.3, 0.4) is 0 Å². The van der Waals surface area contributed by atoms with E-state index in [-0.39, 0.29) is 12.4 Å². The number of aryl methyl sites for hydroxylation is 1. The largest absolute Gasteiger partial charge is 0.348 e. The lowest BCUT2D eigenvalue weighted by atomic mass is 10.3. The monoisotopic (exact) mass is 335 g/mol. The average Bonchev–Trinajstić information content (AvgIpc) is 2.84. The number of carbonyl (C=O) groups is 2. The third-order valence-electron chi connectivity index (χ3n) is 2.78. The van der Waals surface area contributed by atoms with E-state index in [1.807, 2.05) is 0 Å². The SMILES string of the molecule is CCN(CC)CCCNC(=O)C(=O)Nc1nnc(C)s1.Cl. The molecule has 9 heteroatoms. The minimum absolute atomic E-state index is 0. The summed E-state index contributed by atoms with van der Waals surface area (Å²) in [6.45, 7) is 9.34. The van der Waals surface area contributed by atoms with Crippen molar-refractivity contribution in [2.75, 3.05) is 31.5 Å². The number of rotatable bonds is 7. The first-order chi connectivity index (χ1) is 9.56. The van der Waals surface area contributed by atoms with E-state index < -0.39 is 11.8 Å². The van der Waals surface area contributed by atoms with Crippen molar-refractivity contribution in [3.63, 3.8) is 0 Å². The van der Waals surface area contributed by atoms with Crippen LogP contribution in [0.25, 0.3) is 0 Å². The van der Waals surface area contributed by atoms with E-state index in [0.717, 1.165) is 31.1 Å². The average molecular weight is 336 g/mol. The standard InChI is InChI=1S/C12H21N5O2S.ClH/c1-4-17(5-2)8-6-7-13-10(18)11(19)14-12-16-15-9(3)20-12;/h4-8H2,1-3H3,(H,13,18)(H,14,16,19);1H. The van der Waals surface area contributed by atoms with Crippen LogP contribution in [-0.2, 0) is 9.59 Å². The van der Waals surface area contributed by atoms with Gasteiger partial charge in [-0.05, 0) is 33.0 Å². The molecule has 0 unspecified atom stereocenters. The van der Waals surface area contributed by atoms with Crippen LogP contribution in [0.15, 0.2) is 0 Å². The normalized spacial score (nSPS) is 10.1. The van der Waals surface area contributed by atoms with Crippen LogP contribution in [0.2, 0.25) is 0 Å². The Labute approximate surface area is 134 Å². The Kier molecular flexibility index (Phi) is 9.85. The summed E-state index contributed by atoms with van der Waals surface area (Å²) in [6.07, 6.45) is 0.818. The van der Waals surface area contributed by atoms with E-state index in [4.69, 9.17) is 0 Å². The second kappa shape index (κ2) is 10.5. The molecule has 120 valence electrons. The van der Waals surface area contributed by atoms with Crippen LogP contribution < -0.4 is 10.6 Å². The number of hydrogen-bond donors (Lipinski definition) is 2. The van der Waals surface area contributed by atoms with Gasteiger partial charge in [-0.2, -0.15) is 0 Å². The number of hydrogen-bond acceptors (Lipinski definition) is 6. The topological polar surface area (TPSA) is 87.2 Å². The van der Waals surface area contributed by atoms with Gasteiger partial charge in [0.1, 0.15) is 5.01 Å². The molecule has 0 bridgehead atoms. The molecule has 0 aliphatic carbocycles. The van der Waals surface area contributed by atoms with Gasteiger partial charge >= 0.3 is 11.8 Å². The number of nitrogens with one attached hydrogen (secondary N) is 2. The molecule has 7 nitrogen and oxygen atoms in total. The molecule has 0 aliphatic rings. The van der Waals surface area contributed by atoms with Gasteiger partial charge < -0.3 is 10.2 Å². The second-order valence-electron chi connectivity index (χ2n) is 4.22. The van der Waals surface area contributed by atoms with Crippen molar-refractivity contribution in [3.8, 4) is 0 Å². The molecule has 0 radical (unpaired) electrons. The Morgan fingerprint density at radius 3 is 2.38 bits per heavy atom. The Morgan fingerprint density at radius 1 is 1.19 bits per heavy atom. The highest BCUT2D eigenvalue weighted by molar-refractivity contribution is 7.15. The molecule has 1 aromatic rings. The maximum absolute atomic E-state index is 11.6. The van der Waals surface area contributed by atoms with Gasteiger partial charge in [-0.15, -0.1) is 22.6 Å². The summed E-state index contributed by atoms with van der Waals surface area (Å²) in [5.74, 6) is -1.35. The third kappa shape index (κ3) is 7.35. The second-order valence-corrected chi connectivity index (χ2v) is 5.40. The van der Waals surface area contributed by atoms with Crippen molar-refractivity contribution >= 4 is 40.7 Å². The van der Waals surface area contributed by atoms with Gasteiger partial charge in [0.2, 0.25) is 5.13 Å². The van der Waals surface area contributed by atoms with E-state index in [0.29, 0.717) is 11.7 Å². The molecule has 1 heterocycles. The van der Waals surface area contributed by atoms with Crippen LogP contribution in [0, 0.1) is 6.92 Å². The minimum Gasteiger partial charge on any atom is -0.348 e. The summed E-state index contributed by atoms with van der Waals surface area (Å²) in [6, 6.07) is 0.